The quantitative estimate of drug-likeness (QED) is 0.645. The van der Waals surface area contributed by atoms with E-state index in [1.165, 1.54) is 0 Å². The lowest BCUT2D eigenvalue weighted by Gasteiger charge is -2.14. The third kappa shape index (κ3) is 2.82. The van der Waals surface area contributed by atoms with Gasteiger partial charge in [-0.15, -0.1) is 0 Å². The molecule has 128 valence electrons. The summed E-state index contributed by atoms with van der Waals surface area (Å²) in [5, 5.41) is 2.71. The number of carbonyl (C=O) groups excluding carboxylic acids is 3. The highest BCUT2D eigenvalue weighted by atomic mass is 16.2. The molecule has 1 aromatic carbocycles. The van der Waals surface area contributed by atoms with Crippen LogP contribution in [0.2, 0.25) is 0 Å². The minimum absolute atomic E-state index is 0.220. The molecule has 2 aromatic rings. The summed E-state index contributed by atoms with van der Waals surface area (Å²) < 4.78 is 0. The first kappa shape index (κ1) is 15.6. The smallest absolute Gasteiger partial charge is 0.240 e. The van der Waals surface area contributed by atoms with Crippen molar-refractivity contribution in [2.24, 2.45) is 11.8 Å². The van der Waals surface area contributed by atoms with Crippen molar-refractivity contribution in [3.63, 3.8) is 0 Å². The summed E-state index contributed by atoms with van der Waals surface area (Å²) in [5.41, 5.74) is 1.72. The molecular weight excluding hydrogens is 320 g/mol. The minimum Gasteiger partial charge on any atom is -0.347 e. The molecule has 2 unspecified atom stereocenters. The van der Waals surface area contributed by atoms with Gasteiger partial charge in [0.2, 0.25) is 17.7 Å². The van der Waals surface area contributed by atoms with Crippen molar-refractivity contribution in [3.05, 3.63) is 42.2 Å². The lowest BCUT2D eigenvalue weighted by Crippen LogP contribution is -2.40. The predicted octanol–water partition coefficient (Wildman–Crippen LogP) is 1.13. The molecule has 0 radical (unpaired) electrons. The van der Waals surface area contributed by atoms with E-state index in [1.54, 1.807) is 0 Å². The topological polar surface area (TPSA) is 95.2 Å². The van der Waals surface area contributed by atoms with Gasteiger partial charge in [0.15, 0.2) is 0 Å². The Morgan fingerprint density at radius 3 is 2.52 bits per heavy atom. The summed E-state index contributed by atoms with van der Waals surface area (Å²) in [4.78, 5) is 45.5. The van der Waals surface area contributed by atoms with Crippen LogP contribution in [0.5, 0.6) is 0 Å². The highest BCUT2D eigenvalue weighted by molar-refractivity contribution is 6.07. The maximum Gasteiger partial charge on any atom is 0.240 e. The Morgan fingerprint density at radius 1 is 1.16 bits per heavy atom. The lowest BCUT2D eigenvalue weighted by atomic mass is 9.85. The Kier molecular flexibility index (Phi) is 3.83. The van der Waals surface area contributed by atoms with Gasteiger partial charge in [0.05, 0.1) is 29.4 Å². The van der Waals surface area contributed by atoms with Gasteiger partial charge in [-0.1, -0.05) is 24.3 Å². The molecule has 2 atom stereocenters. The molecule has 0 spiro atoms. The van der Waals surface area contributed by atoms with E-state index >= 15 is 0 Å². The van der Waals surface area contributed by atoms with Crippen molar-refractivity contribution in [1.29, 1.82) is 0 Å². The number of likely N-dealkylation sites (tertiary alicyclic amines) is 1. The number of aromatic nitrogens is 2. The van der Waals surface area contributed by atoms with E-state index < -0.39 is 0 Å². The Bertz CT molecular complexity index is 826. The second-order valence-electron chi connectivity index (χ2n) is 6.40. The van der Waals surface area contributed by atoms with Gasteiger partial charge in [0.1, 0.15) is 12.4 Å². The summed E-state index contributed by atoms with van der Waals surface area (Å²) in [6, 6.07) is 7.59. The number of carbonyl (C=O) groups is 3. The van der Waals surface area contributed by atoms with Crippen LogP contribution in [0.25, 0.3) is 11.0 Å². The highest BCUT2D eigenvalue weighted by Gasteiger charge is 2.47. The minimum atomic E-state index is -0.367. The number of H-pyrrole nitrogens is 1. The van der Waals surface area contributed by atoms with E-state index in [4.69, 9.17) is 0 Å². The lowest BCUT2D eigenvalue weighted by molar-refractivity contribution is -0.143. The van der Waals surface area contributed by atoms with Gasteiger partial charge in [-0.2, -0.15) is 0 Å². The molecule has 25 heavy (non-hydrogen) atoms. The van der Waals surface area contributed by atoms with Gasteiger partial charge >= 0.3 is 0 Å². The van der Waals surface area contributed by atoms with Crippen molar-refractivity contribution in [2.45, 2.75) is 19.4 Å². The first-order valence-electron chi connectivity index (χ1n) is 8.34. The zero-order valence-corrected chi connectivity index (χ0v) is 13.6. The predicted molar refractivity (Wildman–Crippen MR) is 90.0 cm³/mol. The molecule has 1 aliphatic heterocycles. The summed E-state index contributed by atoms with van der Waals surface area (Å²) in [6.45, 7) is -0.0109. The average Bonchev–Trinajstić information content (AvgIpc) is 3.15. The number of hydrogen-bond acceptors (Lipinski definition) is 4. The van der Waals surface area contributed by atoms with Gasteiger partial charge in [0, 0.05) is 0 Å². The molecule has 7 nitrogen and oxygen atoms in total. The molecule has 4 rings (SSSR count). The summed E-state index contributed by atoms with van der Waals surface area (Å²) in [6.07, 6.45) is 5.01. The van der Waals surface area contributed by atoms with E-state index in [2.05, 4.69) is 15.3 Å². The van der Waals surface area contributed by atoms with Crippen molar-refractivity contribution in [1.82, 2.24) is 20.2 Å². The van der Waals surface area contributed by atoms with Crippen molar-refractivity contribution < 1.29 is 14.4 Å². The van der Waals surface area contributed by atoms with Crippen LogP contribution in [-0.2, 0) is 20.9 Å². The van der Waals surface area contributed by atoms with Gasteiger partial charge in [-0.3, -0.25) is 19.3 Å². The molecule has 0 bridgehead atoms. The van der Waals surface area contributed by atoms with Crippen molar-refractivity contribution in [2.75, 3.05) is 6.54 Å². The van der Waals surface area contributed by atoms with E-state index in [9.17, 15) is 14.4 Å². The molecule has 1 saturated heterocycles. The zero-order valence-electron chi connectivity index (χ0n) is 13.6. The number of fused-ring (bicyclic) bond motifs is 2. The Labute approximate surface area is 144 Å². The van der Waals surface area contributed by atoms with E-state index in [0.29, 0.717) is 18.7 Å². The van der Waals surface area contributed by atoms with E-state index in [0.717, 1.165) is 15.9 Å². The fourth-order valence-electron chi connectivity index (χ4n) is 3.50. The number of para-hydroxylation sites is 2. The fraction of sp³-hybridized carbons (Fsp3) is 0.333. The Morgan fingerprint density at radius 2 is 1.84 bits per heavy atom. The molecule has 2 N–H and O–H groups in total. The number of nitrogens with one attached hydrogen (secondary N) is 2. The van der Waals surface area contributed by atoms with Crippen LogP contribution in [0.1, 0.15) is 18.7 Å². The van der Waals surface area contributed by atoms with Crippen LogP contribution in [0.15, 0.2) is 36.4 Å². The Hall–Kier alpha value is -2.96. The maximum absolute atomic E-state index is 12.4. The number of nitrogens with zero attached hydrogens (tertiary/aromatic N) is 2. The summed E-state index contributed by atoms with van der Waals surface area (Å²) in [7, 11) is 0. The van der Waals surface area contributed by atoms with Crippen molar-refractivity contribution in [3.8, 4) is 0 Å². The molecule has 3 amide bonds. The number of benzene rings is 1. The van der Waals surface area contributed by atoms with Crippen LogP contribution in [0.3, 0.4) is 0 Å². The molecule has 7 heteroatoms. The second kappa shape index (κ2) is 6.16. The molecule has 1 aromatic heterocycles. The fourth-order valence-corrected chi connectivity index (χ4v) is 3.50. The molecule has 2 aliphatic rings. The summed E-state index contributed by atoms with van der Waals surface area (Å²) in [5.74, 6) is -0.821. The summed E-state index contributed by atoms with van der Waals surface area (Å²) >= 11 is 0. The van der Waals surface area contributed by atoms with E-state index in [-0.39, 0.29) is 42.6 Å². The monoisotopic (exact) mass is 338 g/mol. The zero-order chi connectivity index (χ0) is 17.4. The van der Waals surface area contributed by atoms with Crippen molar-refractivity contribution >= 4 is 28.8 Å². The number of imidazole rings is 1. The van der Waals surface area contributed by atoms with Gasteiger partial charge in [-0.25, -0.2) is 4.98 Å². The number of amides is 3. The normalized spacial score (nSPS) is 22.5. The van der Waals surface area contributed by atoms with Gasteiger partial charge < -0.3 is 10.3 Å². The van der Waals surface area contributed by atoms with E-state index in [1.807, 2.05) is 36.4 Å². The SMILES string of the molecule is O=C(CN1C(=O)C2CC=CCC2C1=O)NCc1nc2ccccc2[nH]1. The largest absolute Gasteiger partial charge is 0.347 e. The standard InChI is InChI=1S/C18H18N4O3/c23-16(19-9-15-20-13-7-3-4-8-14(13)21-15)10-22-17(24)11-5-1-2-6-12(11)18(22)25/h1-4,7-8,11-12H,5-6,9-10H2,(H,19,23)(H,20,21). The molecule has 1 fully saturated rings. The molecule has 2 heterocycles. The molecule has 0 saturated carbocycles. The first-order valence-corrected chi connectivity index (χ1v) is 8.34. The second-order valence-corrected chi connectivity index (χ2v) is 6.40. The third-order valence-corrected chi connectivity index (χ3v) is 4.79. The molecular formula is C18H18N4O3. The number of rotatable bonds is 4. The first-order chi connectivity index (χ1) is 12.1. The molecule has 1 aliphatic carbocycles. The maximum atomic E-state index is 12.4. The van der Waals surface area contributed by atoms with Crippen LogP contribution in [0, 0.1) is 11.8 Å². The van der Waals surface area contributed by atoms with Crippen LogP contribution < -0.4 is 5.32 Å². The van der Waals surface area contributed by atoms with Crippen LogP contribution in [0.4, 0.5) is 0 Å². The number of aromatic amines is 1. The third-order valence-electron chi connectivity index (χ3n) is 4.79. The Balaban J connectivity index is 1.37. The highest BCUT2D eigenvalue weighted by Crippen LogP contribution is 2.34. The van der Waals surface area contributed by atoms with Gasteiger partial charge in [-0.05, 0) is 25.0 Å². The number of imide groups is 1. The number of allylic oxidation sites excluding steroid dienone is 2. The van der Waals surface area contributed by atoms with Crippen LogP contribution in [-0.4, -0.2) is 39.1 Å². The van der Waals surface area contributed by atoms with Crippen LogP contribution >= 0.6 is 0 Å². The number of hydrogen-bond donors (Lipinski definition) is 2. The van der Waals surface area contributed by atoms with Gasteiger partial charge in [0.25, 0.3) is 0 Å². The average molecular weight is 338 g/mol.